The molecule has 0 atom stereocenters. The third-order valence-electron chi connectivity index (χ3n) is 8.33. The molecule has 0 radical (unpaired) electrons. The molecule has 4 aromatic carbocycles. The topological polar surface area (TPSA) is 38.7 Å². The number of aryl methyl sites for hydroxylation is 3. The first kappa shape index (κ1) is 21.9. The molecule has 0 saturated carbocycles. The van der Waals surface area contributed by atoms with E-state index in [1.165, 1.54) is 79.0 Å². The Balaban J connectivity index is 1.73. The minimum Gasteiger partial charge on any atom is -0.252 e. The highest BCUT2D eigenvalue weighted by Gasteiger charge is 2.25. The van der Waals surface area contributed by atoms with Crippen molar-refractivity contribution in [2.75, 3.05) is 0 Å². The van der Waals surface area contributed by atoms with Crippen LogP contribution >= 0.6 is 0 Å². The van der Waals surface area contributed by atoms with Crippen molar-refractivity contribution >= 4 is 65.0 Å². The van der Waals surface area contributed by atoms with Crippen molar-refractivity contribution in [2.24, 2.45) is 0 Å². The van der Waals surface area contributed by atoms with Crippen LogP contribution < -0.4 is 0 Å². The average Bonchev–Trinajstić information content (AvgIpc) is 2.91. The molecule has 0 aliphatic carbocycles. The van der Waals surface area contributed by atoms with Crippen LogP contribution in [0.4, 0.5) is 0 Å². The van der Waals surface area contributed by atoms with Crippen LogP contribution in [0, 0.1) is 0 Å². The smallest absolute Gasteiger partial charge is 0.0931 e. The van der Waals surface area contributed by atoms with E-state index in [1.807, 2.05) is 6.20 Å². The van der Waals surface area contributed by atoms with Crippen molar-refractivity contribution < 1.29 is 0 Å². The summed E-state index contributed by atoms with van der Waals surface area (Å²) in [4.78, 5) is 15.5. The number of nitrogens with zero attached hydrogens (tertiary/aromatic N) is 3. The first-order valence-electron chi connectivity index (χ1n) is 14.0. The molecule has 7 rings (SSSR count). The minimum absolute atomic E-state index is 0.970. The number of hydrogen-bond donors (Lipinski definition) is 0. The van der Waals surface area contributed by atoms with Gasteiger partial charge in [-0.1, -0.05) is 64.3 Å². The first-order valence-corrected chi connectivity index (χ1v) is 14.0. The number of rotatable bonds is 9. The van der Waals surface area contributed by atoms with Gasteiger partial charge in [-0.2, -0.15) is 0 Å². The second kappa shape index (κ2) is 8.37. The summed E-state index contributed by atoms with van der Waals surface area (Å²) in [5, 5.41) is 12.2. The minimum atomic E-state index is 0.970. The van der Waals surface area contributed by atoms with Crippen LogP contribution in [0.2, 0.25) is 0 Å². The standard InChI is InChI=1S/C33H33N3/c1-4-7-10-19-17-20-13-14-22-23(11-8-5-2)35-26-18-34-33-25(12-9-6-3)36-24-16-15-21(19)28-27(20)29(22)31(26)32(33)30(24)28/h13-18H,4-12H2,1-3H3. The number of pyridine rings is 3. The fourth-order valence-corrected chi connectivity index (χ4v) is 6.57. The zero-order chi connectivity index (χ0) is 24.4. The van der Waals surface area contributed by atoms with Gasteiger partial charge >= 0.3 is 0 Å². The highest BCUT2D eigenvalue weighted by atomic mass is 14.8. The second-order valence-electron chi connectivity index (χ2n) is 10.7. The summed E-state index contributed by atoms with van der Waals surface area (Å²) in [7, 11) is 0. The molecule has 0 saturated heterocycles. The molecule has 180 valence electrons. The van der Waals surface area contributed by atoms with E-state index in [0.29, 0.717) is 0 Å². The number of hydrogen-bond acceptors (Lipinski definition) is 3. The summed E-state index contributed by atoms with van der Waals surface area (Å²) in [6.45, 7) is 6.79. The van der Waals surface area contributed by atoms with Gasteiger partial charge in [0.1, 0.15) is 0 Å². The van der Waals surface area contributed by atoms with Gasteiger partial charge in [0.2, 0.25) is 0 Å². The van der Waals surface area contributed by atoms with Crippen LogP contribution in [-0.4, -0.2) is 15.0 Å². The average molecular weight is 472 g/mol. The van der Waals surface area contributed by atoms with Crippen molar-refractivity contribution in [1.29, 1.82) is 0 Å². The van der Waals surface area contributed by atoms with Gasteiger partial charge in [-0.15, -0.1) is 0 Å². The van der Waals surface area contributed by atoms with Crippen LogP contribution in [0.5, 0.6) is 0 Å². The maximum atomic E-state index is 5.24. The van der Waals surface area contributed by atoms with E-state index >= 15 is 0 Å². The molecule has 3 heteroatoms. The van der Waals surface area contributed by atoms with Crippen LogP contribution in [0.25, 0.3) is 65.0 Å². The normalized spacial score (nSPS) is 12.8. The van der Waals surface area contributed by atoms with E-state index in [9.17, 15) is 0 Å². The Hall–Kier alpha value is -3.33. The summed E-state index contributed by atoms with van der Waals surface area (Å²) >= 11 is 0. The molecule has 3 nitrogen and oxygen atoms in total. The Bertz CT molecular complexity index is 1600. The van der Waals surface area contributed by atoms with Crippen molar-refractivity contribution in [3.63, 3.8) is 0 Å². The fourth-order valence-electron chi connectivity index (χ4n) is 6.57. The monoisotopic (exact) mass is 471 g/mol. The van der Waals surface area contributed by atoms with Crippen molar-refractivity contribution in [3.8, 4) is 0 Å². The molecule has 0 N–H and O–H groups in total. The molecule has 0 aliphatic rings. The molecule has 0 unspecified atom stereocenters. The van der Waals surface area contributed by atoms with E-state index in [-0.39, 0.29) is 0 Å². The molecule has 0 fully saturated rings. The van der Waals surface area contributed by atoms with Gasteiger partial charge in [0.15, 0.2) is 0 Å². The van der Waals surface area contributed by atoms with E-state index in [0.717, 1.165) is 60.8 Å². The van der Waals surface area contributed by atoms with Gasteiger partial charge < -0.3 is 0 Å². The summed E-state index contributed by atoms with van der Waals surface area (Å²) in [5.74, 6) is 0. The largest absolute Gasteiger partial charge is 0.252 e. The lowest BCUT2D eigenvalue weighted by Gasteiger charge is -2.23. The van der Waals surface area contributed by atoms with Crippen LogP contribution in [0.15, 0.2) is 36.5 Å². The van der Waals surface area contributed by atoms with Crippen molar-refractivity contribution in [1.82, 2.24) is 15.0 Å². The summed E-state index contributed by atoms with van der Waals surface area (Å²) < 4.78 is 0. The van der Waals surface area contributed by atoms with E-state index in [1.54, 1.807) is 0 Å². The first-order chi connectivity index (χ1) is 17.7. The molecule has 3 heterocycles. The SMILES string of the molecule is CCCCc1cc2ccc3c(CCCC)nc4cnc5c(CCCC)nc6ccc1c1c2c3c4c5c61. The van der Waals surface area contributed by atoms with E-state index in [2.05, 4.69) is 51.1 Å². The predicted octanol–water partition coefficient (Wildman–Crippen LogP) is 9.13. The van der Waals surface area contributed by atoms with Crippen LogP contribution in [-0.2, 0) is 19.3 Å². The maximum absolute atomic E-state index is 5.24. The fraction of sp³-hybridized carbons (Fsp3) is 0.364. The molecular weight excluding hydrogens is 438 g/mol. The Morgan fingerprint density at radius 3 is 2.06 bits per heavy atom. The molecule has 3 aromatic heterocycles. The predicted molar refractivity (Wildman–Crippen MR) is 154 cm³/mol. The summed E-state index contributed by atoms with van der Waals surface area (Å²) in [6.07, 6.45) is 12.2. The third kappa shape index (κ3) is 2.95. The molecule has 7 aromatic rings. The molecule has 0 aliphatic heterocycles. The zero-order valence-corrected chi connectivity index (χ0v) is 21.7. The molecule has 36 heavy (non-hydrogen) atoms. The lowest BCUT2D eigenvalue weighted by Crippen LogP contribution is -2.03. The van der Waals surface area contributed by atoms with Gasteiger partial charge in [-0.25, -0.2) is 0 Å². The molecule has 0 bridgehead atoms. The summed E-state index contributed by atoms with van der Waals surface area (Å²) in [6, 6.07) is 11.8. The lowest BCUT2D eigenvalue weighted by atomic mass is 9.83. The molecule has 0 spiro atoms. The van der Waals surface area contributed by atoms with E-state index in [4.69, 9.17) is 15.0 Å². The van der Waals surface area contributed by atoms with Gasteiger partial charge in [0.25, 0.3) is 0 Å². The highest BCUT2D eigenvalue weighted by Crippen LogP contribution is 2.49. The van der Waals surface area contributed by atoms with Crippen LogP contribution in [0.1, 0.15) is 76.2 Å². The Labute approximate surface area is 211 Å². The second-order valence-corrected chi connectivity index (χ2v) is 10.7. The quantitative estimate of drug-likeness (QED) is 0.156. The van der Waals surface area contributed by atoms with Gasteiger partial charge in [0.05, 0.1) is 28.4 Å². The number of benzene rings is 4. The van der Waals surface area contributed by atoms with Crippen molar-refractivity contribution in [2.45, 2.75) is 78.6 Å². The lowest BCUT2D eigenvalue weighted by molar-refractivity contribution is 0.783. The Kier molecular flexibility index (Phi) is 5.09. The third-order valence-corrected chi connectivity index (χ3v) is 8.33. The number of unbranched alkanes of at least 4 members (excludes halogenated alkanes) is 3. The van der Waals surface area contributed by atoms with E-state index < -0.39 is 0 Å². The molecule has 0 amide bonds. The van der Waals surface area contributed by atoms with Crippen molar-refractivity contribution in [3.05, 3.63) is 53.5 Å². The zero-order valence-electron chi connectivity index (χ0n) is 21.7. The van der Waals surface area contributed by atoms with Gasteiger partial charge in [-0.05, 0) is 66.3 Å². The van der Waals surface area contributed by atoms with Gasteiger partial charge in [0, 0.05) is 38.0 Å². The number of aromatic nitrogens is 3. The molecular formula is C33H33N3. The van der Waals surface area contributed by atoms with Gasteiger partial charge in [-0.3, -0.25) is 15.0 Å². The summed E-state index contributed by atoms with van der Waals surface area (Å²) in [5.41, 5.74) is 7.07. The van der Waals surface area contributed by atoms with Crippen LogP contribution in [0.3, 0.4) is 0 Å². The Morgan fingerprint density at radius 1 is 0.583 bits per heavy atom. The highest BCUT2D eigenvalue weighted by molar-refractivity contribution is 6.44. The maximum Gasteiger partial charge on any atom is 0.0931 e. The Morgan fingerprint density at radius 2 is 1.25 bits per heavy atom.